The zero-order valence-corrected chi connectivity index (χ0v) is 14.4. The molecule has 0 N–H and O–H groups in total. The molecule has 2 aromatic carbocycles. The van der Waals surface area contributed by atoms with E-state index in [-0.39, 0.29) is 16.5 Å². The first-order valence-electron chi connectivity index (χ1n) is 6.97. The number of halogens is 2. The largest absolute Gasteiger partial charge is 0.494 e. The van der Waals surface area contributed by atoms with Crippen LogP contribution in [0.5, 0.6) is 5.75 Å². The lowest BCUT2D eigenvalue weighted by Gasteiger charge is -2.17. The van der Waals surface area contributed by atoms with Gasteiger partial charge in [0.25, 0.3) is 0 Å². The third kappa shape index (κ3) is 4.22. The van der Waals surface area contributed by atoms with Gasteiger partial charge in [-0.1, -0.05) is 23.7 Å². The van der Waals surface area contributed by atoms with Gasteiger partial charge in [0.15, 0.2) is 0 Å². The van der Waals surface area contributed by atoms with Gasteiger partial charge in [0.2, 0.25) is 10.0 Å². The average Bonchev–Trinajstić information content (AvgIpc) is 2.52. The van der Waals surface area contributed by atoms with Crippen molar-refractivity contribution in [2.75, 3.05) is 13.7 Å². The molecule has 0 spiro atoms. The van der Waals surface area contributed by atoms with Gasteiger partial charge in [0.05, 0.1) is 16.5 Å². The van der Waals surface area contributed by atoms with E-state index in [1.54, 1.807) is 24.3 Å². The highest BCUT2D eigenvalue weighted by Crippen LogP contribution is 2.23. The zero-order valence-electron chi connectivity index (χ0n) is 12.8. The summed E-state index contributed by atoms with van der Waals surface area (Å²) >= 11 is 5.66. The quantitative estimate of drug-likeness (QED) is 0.792. The van der Waals surface area contributed by atoms with Gasteiger partial charge >= 0.3 is 0 Å². The lowest BCUT2D eigenvalue weighted by atomic mass is 10.2. The molecular weight excluding hydrogens is 341 g/mol. The van der Waals surface area contributed by atoms with Crippen molar-refractivity contribution in [1.82, 2.24) is 4.31 Å². The number of benzene rings is 2. The molecule has 2 aromatic rings. The molecule has 0 saturated heterocycles. The van der Waals surface area contributed by atoms with Crippen LogP contribution in [0.2, 0.25) is 5.02 Å². The van der Waals surface area contributed by atoms with E-state index in [0.29, 0.717) is 6.61 Å². The average molecular weight is 358 g/mol. The molecule has 0 atom stereocenters. The topological polar surface area (TPSA) is 46.6 Å². The second kappa shape index (κ2) is 7.29. The van der Waals surface area contributed by atoms with Crippen LogP contribution in [0, 0.1) is 5.82 Å². The molecule has 0 aliphatic heterocycles. The summed E-state index contributed by atoms with van der Waals surface area (Å²) in [6.45, 7) is 2.64. The summed E-state index contributed by atoms with van der Waals surface area (Å²) in [6.07, 6.45) is 0. The summed E-state index contributed by atoms with van der Waals surface area (Å²) < 4.78 is 44.7. The smallest absolute Gasteiger partial charge is 0.243 e. The van der Waals surface area contributed by atoms with Crippen molar-refractivity contribution < 1.29 is 17.5 Å². The Bertz CT molecular complexity index is 778. The van der Waals surface area contributed by atoms with Crippen LogP contribution >= 0.6 is 11.6 Å². The third-order valence-electron chi connectivity index (χ3n) is 3.24. The van der Waals surface area contributed by atoms with Crippen LogP contribution in [-0.2, 0) is 16.6 Å². The van der Waals surface area contributed by atoms with Gasteiger partial charge in [0, 0.05) is 13.6 Å². The van der Waals surface area contributed by atoms with E-state index in [9.17, 15) is 12.8 Å². The Hall–Kier alpha value is -1.63. The van der Waals surface area contributed by atoms with Crippen LogP contribution in [-0.4, -0.2) is 26.4 Å². The number of hydrogen-bond acceptors (Lipinski definition) is 3. The Balaban J connectivity index is 2.17. The molecule has 124 valence electrons. The van der Waals surface area contributed by atoms with Crippen LogP contribution < -0.4 is 4.74 Å². The lowest BCUT2D eigenvalue weighted by molar-refractivity contribution is 0.340. The number of ether oxygens (including phenoxy) is 1. The molecule has 0 saturated carbocycles. The zero-order chi connectivity index (χ0) is 17.0. The van der Waals surface area contributed by atoms with Crippen molar-refractivity contribution in [3.05, 3.63) is 58.9 Å². The second-order valence-electron chi connectivity index (χ2n) is 4.91. The third-order valence-corrected chi connectivity index (χ3v) is 5.33. The van der Waals surface area contributed by atoms with Crippen molar-refractivity contribution in [3.8, 4) is 5.75 Å². The first-order valence-corrected chi connectivity index (χ1v) is 8.79. The van der Waals surface area contributed by atoms with Crippen LogP contribution in [0.1, 0.15) is 12.5 Å². The normalized spacial score (nSPS) is 11.7. The molecule has 4 nitrogen and oxygen atoms in total. The summed E-state index contributed by atoms with van der Waals surface area (Å²) in [5.74, 6) is 0.0758. The highest BCUT2D eigenvalue weighted by Gasteiger charge is 2.22. The molecule has 0 heterocycles. The Kier molecular flexibility index (Phi) is 5.62. The molecule has 0 fully saturated rings. The van der Waals surface area contributed by atoms with E-state index in [0.717, 1.165) is 23.4 Å². The van der Waals surface area contributed by atoms with Gasteiger partial charge in [-0.15, -0.1) is 0 Å². The van der Waals surface area contributed by atoms with E-state index >= 15 is 0 Å². The summed E-state index contributed by atoms with van der Waals surface area (Å²) in [5, 5.41) is -0.222. The predicted molar refractivity (Wildman–Crippen MR) is 87.7 cm³/mol. The van der Waals surface area contributed by atoms with Gasteiger partial charge in [-0.25, -0.2) is 12.8 Å². The van der Waals surface area contributed by atoms with Gasteiger partial charge in [-0.05, 0) is 42.8 Å². The van der Waals surface area contributed by atoms with Crippen LogP contribution in [0.3, 0.4) is 0 Å². The maximum atomic E-state index is 13.2. The summed E-state index contributed by atoms with van der Waals surface area (Å²) in [5.41, 5.74) is 0.813. The van der Waals surface area contributed by atoms with Gasteiger partial charge < -0.3 is 4.74 Å². The number of nitrogens with zero attached hydrogens (tertiary/aromatic N) is 1. The lowest BCUT2D eigenvalue weighted by Crippen LogP contribution is -2.26. The molecule has 7 heteroatoms. The number of rotatable bonds is 6. The molecule has 0 aliphatic rings. The Morgan fingerprint density at radius 1 is 1.17 bits per heavy atom. The first-order chi connectivity index (χ1) is 10.8. The molecule has 0 bridgehead atoms. The molecule has 23 heavy (non-hydrogen) atoms. The van der Waals surface area contributed by atoms with E-state index in [2.05, 4.69) is 0 Å². The Morgan fingerprint density at radius 3 is 2.39 bits per heavy atom. The fraction of sp³-hybridized carbons (Fsp3) is 0.250. The van der Waals surface area contributed by atoms with Crippen molar-refractivity contribution in [2.24, 2.45) is 0 Å². The maximum Gasteiger partial charge on any atom is 0.243 e. The fourth-order valence-electron chi connectivity index (χ4n) is 2.02. The van der Waals surface area contributed by atoms with Crippen LogP contribution in [0.4, 0.5) is 4.39 Å². The second-order valence-corrected chi connectivity index (χ2v) is 7.37. The Morgan fingerprint density at radius 2 is 1.83 bits per heavy atom. The minimum absolute atomic E-state index is 0.0441. The fourth-order valence-corrected chi connectivity index (χ4v) is 3.45. The number of hydrogen-bond donors (Lipinski definition) is 0. The molecule has 0 aromatic heterocycles. The summed E-state index contributed by atoms with van der Waals surface area (Å²) in [4.78, 5) is -0.0441. The summed E-state index contributed by atoms with van der Waals surface area (Å²) in [6, 6.07) is 10.5. The standard InChI is InChI=1S/C16H17ClFNO3S/c1-3-22-13-6-4-12(5-7-13)11-19(2)23(20,21)14-8-9-16(18)15(17)10-14/h4-10H,3,11H2,1-2H3. The van der Waals surface area contributed by atoms with Crippen LogP contribution in [0.15, 0.2) is 47.4 Å². The highest BCUT2D eigenvalue weighted by atomic mass is 35.5. The van der Waals surface area contributed by atoms with Gasteiger partial charge in [-0.2, -0.15) is 4.31 Å². The first kappa shape index (κ1) is 17.7. The van der Waals surface area contributed by atoms with Crippen LogP contribution in [0.25, 0.3) is 0 Å². The maximum absolute atomic E-state index is 13.2. The molecule has 0 amide bonds. The number of sulfonamides is 1. The van der Waals surface area contributed by atoms with Crippen molar-refractivity contribution in [3.63, 3.8) is 0 Å². The minimum atomic E-state index is -3.75. The van der Waals surface area contributed by atoms with Crippen molar-refractivity contribution in [2.45, 2.75) is 18.4 Å². The SMILES string of the molecule is CCOc1ccc(CN(C)S(=O)(=O)c2ccc(F)c(Cl)c2)cc1. The minimum Gasteiger partial charge on any atom is -0.494 e. The molecule has 0 aliphatic carbocycles. The van der Waals surface area contributed by atoms with Gasteiger partial charge in [-0.3, -0.25) is 0 Å². The predicted octanol–water partition coefficient (Wildman–Crippen LogP) is 3.70. The van der Waals surface area contributed by atoms with E-state index in [4.69, 9.17) is 16.3 Å². The van der Waals surface area contributed by atoms with Crippen molar-refractivity contribution >= 4 is 21.6 Å². The highest BCUT2D eigenvalue weighted by molar-refractivity contribution is 7.89. The molecule has 2 rings (SSSR count). The molecule has 0 radical (unpaired) electrons. The van der Waals surface area contributed by atoms with E-state index in [1.807, 2.05) is 6.92 Å². The van der Waals surface area contributed by atoms with Gasteiger partial charge in [0.1, 0.15) is 11.6 Å². The van der Waals surface area contributed by atoms with E-state index < -0.39 is 15.8 Å². The summed E-state index contributed by atoms with van der Waals surface area (Å²) in [7, 11) is -2.28. The van der Waals surface area contributed by atoms with E-state index in [1.165, 1.54) is 17.4 Å². The monoisotopic (exact) mass is 357 g/mol. The molecular formula is C16H17ClFNO3S. The Labute approximate surface area is 140 Å². The molecule has 0 unspecified atom stereocenters. The van der Waals surface area contributed by atoms with Crippen molar-refractivity contribution in [1.29, 1.82) is 0 Å².